The zero-order valence-electron chi connectivity index (χ0n) is 12.4. The van der Waals surface area contributed by atoms with Crippen LogP contribution in [0.25, 0.3) is 0 Å². The summed E-state index contributed by atoms with van der Waals surface area (Å²) in [5.74, 6) is -2.27. The Morgan fingerprint density at radius 3 is 1.08 bits per heavy atom. The molecule has 0 saturated carbocycles. The highest BCUT2D eigenvalue weighted by molar-refractivity contribution is 6.29. The summed E-state index contributed by atoms with van der Waals surface area (Å²) in [6.45, 7) is 0. The quantitative estimate of drug-likeness (QED) is 0.686. The van der Waals surface area contributed by atoms with E-state index in [0.29, 0.717) is 22.3 Å². The molecule has 5 aliphatic rings. The van der Waals surface area contributed by atoms with Crippen LogP contribution in [-0.4, -0.2) is 23.1 Å². The summed E-state index contributed by atoms with van der Waals surface area (Å²) >= 11 is 0. The van der Waals surface area contributed by atoms with Gasteiger partial charge in [-0.3, -0.25) is 19.2 Å². The first-order chi connectivity index (χ1) is 11.6. The fourth-order valence-electron chi connectivity index (χ4n) is 4.33. The first kappa shape index (κ1) is 13.3. The molecule has 0 amide bonds. The van der Waals surface area contributed by atoms with Crippen LogP contribution in [0, 0.1) is 0 Å². The van der Waals surface area contributed by atoms with Gasteiger partial charge in [-0.25, -0.2) is 0 Å². The van der Waals surface area contributed by atoms with Gasteiger partial charge in [0.1, 0.15) is 0 Å². The Balaban J connectivity index is 1.90. The number of allylic oxidation sites excluding steroid dienone is 8. The normalized spacial score (nSPS) is 26.8. The molecule has 0 spiro atoms. The van der Waals surface area contributed by atoms with Crippen LogP contribution >= 0.6 is 0 Å². The predicted octanol–water partition coefficient (Wildman–Crippen LogP) is 1.89. The van der Waals surface area contributed by atoms with Crippen molar-refractivity contribution in [3.63, 3.8) is 0 Å². The average Bonchev–Trinajstić information content (AvgIpc) is 2.60. The van der Waals surface area contributed by atoms with E-state index in [2.05, 4.69) is 0 Å². The fourth-order valence-corrected chi connectivity index (χ4v) is 4.33. The second kappa shape index (κ2) is 4.23. The topological polar surface area (TPSA) is 68.3 Å². The number of hydrogen-bond donors (Lipinski definition) is 0. The minimum atomic E-state index is -0.626. The zero-order chi connectivity index (χ0) is 16.6. The minimum absolute atomic E-state index is 0.254. The Bertz CT molecular complexity index is 890. The van der Waals surface area contributed by atoms with Crippen molar-refractivity contribution in [1.29, 1.82) is 0 Å². The summed E-state index contributed by atoms with van der Waals surface area (Å²) in [4.78, 5) is 50.0. The van der Waals surface area contributed by atoms with Crippen LogP contribution in [0.1, 0.15) is 23.0 Å². The van der Waals surface area contributed by atoms with Gasteiger partial charge in [-0.15, -0.1) is 0 Å². The van der Waals surface area contributed by atoms with E-state index in [1.54, 1.807) is 0 Å². The van der Waals surface area contributed by atoms with Crippen LogP contribution in [0.3, 0.4) is 0 Å². The maximum absolute atomic E-state index is 12.5. The summed E-state index contributed by atoms with van der Waals surface area (Å²) in [5, 5.41) is 0. The number of carbonyl (C=O) groups is 4. The second-order valence-electron chi connectivity index (χ2n) is 6.27. The molecule has 2 bridgehead atoms. The van der Waals surface area contributed by atoms with Crippen LogP contribution in [0.2, 0.25) is 0 Å². The van der Waals surface area contributed by atoms with Crippen molar-refractivity contribution in [2.75, 3.05) is 0 Å². The maximum atomic E-state index is 12.5. The van der Waals surface area contributed by atoms with Crippen molar-refractivity contribution >= 4 is 23.1 Å². The van der Waals surface area contributed by atoms with E-state index in [-0.39, 0.29) is 23.1 Å². The molecule has 0 atom stereocenters. The summed E-state index contributed by atoms with van der Waals surface area (Å²) in [6, 6.07) is 7.42. The molecule has 24 heavy (non-hydrogen) atoms. The lowest BCUT2D eigenvalue weighted by molar-refractivity contribution is -0.117. The van der Waals surface area contributed by atoms with E-state index < -0.39 is 11.8 Å². The molecule has 1 aromatic carbocycles. The molecule has 4 nitrogen and oxygen atoms in total. The van der Waals surface area contributed by atoms with Gasteiger partial charge < -0.3 is 0 Å². The van der Waals surface area contributed by atoms with Crippen LogP contribution in [-0.2, 0) is 19.2 Å². The third-order valence-corrected chi connectivity index (χ3v) is 5.19. The van der Waals surface area contributed by atoms with E-state index in [1.807, 2.05) is 24.3 Å². The van der Waals surface area contributed by atoms with Gasteiger partial charge in [-0.05, 0) is 35.4 Å². The molecule has 0 fully saturated rings. The van der Waals surface area contributed by atoms with E-state index in [0.717, 1.165) is 11.1 Å². The Kier molecular flexibility index (Phi) is 2.35. The van der Waals surface area contributed by atoms with Gasteiger partial charge >= 0.3 is 0 Å². The van der Waals surface area contributed by atoms with E-state index in [4.69, 9.17) is 0 Å². The third-order valence-electron chi connectivity index (χ3n) is 5.19. The average molecular weight is 314 g/mol. The highest BCUT2D eigenvalue weighted by Crippen LogP contribution is 2.57. The molecule has 114 valence electrons. The summed E-state index contributed by atoms with van der Waals surface area (Å²) < 4.78 is 0. The molecule has 6 rings (SSSR count). The Morgan fingerprint density at radius 2 is 0.792 bits per heavy atom. The third kappa shape index (κ3) is 1.39. The van der Waals surface area contributed by atoms with Crippen LogP contribution < -0.4 is 0 Å². The number of carbonyl (C=O) groups excluding carboxylic acids is 4. The SMILES string of the molecule is O=C1C=CC(=O)C2=C1C1C3=C(C(=O)C=CC3=O)C2c2ccccc21. The zero-order valence-corrected chi connectivity index (χ0v) is 12.4. The maximum Gasteiger partial charge on any atom is 0.183 e. The molecule has 0 N–H and O–H groups in total. The molecule has 0 radical (unpaired) electrons. The lowest BCUT2D eigenvalue weighted by atomic mass is 9.56. The molecular formula is C20H10O4. The van der Waals surface area contributed by atoms with E-state index in [9.17, 15) is 19.2 Å². The van der Waals surface area contributed by atoms with E-state index >= 15 is 0 Å². The number of benzene rings is 1. The summed E-state index contributed by atoms with van der Waals surface area (Å²) in [5.41, 5.74) is 3.13. The first-order valence-electron chi connectivity index (χ1n) is 7.70. The summed E-state index contributed by atoms with van der Waals surface area (Å²) in [7, 11) is 0. The highest BCUT2D eigenvalue weighted by atomic mass is 16.1. The number of hydrogen-bond acceptors (Lipinski definition) is 4. The van der Waals surface area contributed by atoms with E-state index in [1.165, 1.54) is 24.3 Å². The number of rotatable bonds is 0. The molecule has 0 heterocycles. The van der Waals surface area contributed by atoms with Gasteiger partial charge in [0.15, 0.2) is 23.1 Å². The molecule has 5 aliphatic carbocycles. The summed E-state index contributed by atoms with van der Waals surface area (Å²) in [6.07, 6.45) is 5.04. The highest BCUT2D eigenvalue weighted by Gasteiger charge is 2.51. The van der Waals surface area contributed by atoms with Crippen molar-refractivity contribution in [2.45, 2.75) is 11.8 Å². The monoisotopic (exact) mass is 314 g/mol. The van der Waals surface area contributed by atoms with Gasteiger partial charge in [0.25, 0.3) is 0 Å². The van der Waals surface area contributed by atoms with Crippen LogP contribution in [0.15, 0.2) is 70.9 Å². The van der Waals surface area contributed by atoms with Gasteiger partial charge in [0.2, 0.25) is 0 Å². The Labute approximate surface area is 136 Å². The predicted molar refractivity (Wildman–Crippen MR) is 84.3 cm³/mol. The Hall–Kier alpha value is -3.14. The second-order valence-corrected chi connectivity index (χ2v) is 6.27. The molecule has 4 heteroatoms. The number of ketones is 4. The van der Waals surface area contributed by atoms with Crippen molar-refractivity contribution < 1.29 is 19.2 Å². The van der Waals surface area contributed by atoms with Gasteiger partial charge in [0, 0.05) is 34.1 Å². The van der Waals surface area contributed by atoms with Crippen LogP contribution in [0.4, 0.5) is 0 Å². The lowest BCUT2D eigenvalue weighted by Crippen LogP contribution is -2.40. The smallest absolute Gasteiger partial charge is 0.183 e. The molecule has 1 aromatic rings. The van der Waals surface area contributed by atoms with Crippen LogP contribution in [0.5, 0.6) is 0 Å². The molecule has 0 saturated heterocycles. The van der Waals surface area contributed by atoms with Gasteiger partial charge in [-0.2, -0.15) is 0 Å². The largest absolute Gasteiger partial charge is 0.290 e. The molecule has 0 aliphatic heterocycles. The van der Waals surface area contributed by atoms with Crippen molar-refractivity contribution in [3.8, 4) is 0 Å². The van der Waals surface area contributed by atoms with Gasteiger partial charge in [0.05, 0.1) is 0 Å². The molecule has 0 aromatic heterocycles. The molecule has 0 unspecified atom stereocenters. The first-order valence-corrected chi connectivity index (χ1v) is 7.70. The minimum Gasteiger partial charge on any atom is -0.290 e. The van der Waals surface area contributed by atoms with Crippen molar-refractivity contribution in [1.82, 2.24) is 0 Å². The Morgan fingerprint density at radius 1 is 0.500 bits per heavy atom. The van der Waals surface area contributed by atoms with Gasteiger partial charge in [-0.1, -0.05) is 24.3 Å². The molecular weight excluding hydrogens is 304 g/mol. The van der Waals surface area contributed by atoms with Crippen molar-refractivity contribution in [3.05, 3.63) is 82.0 Å². The van der Waals surface area contributed by atoms with Crippen molar-refractivity contribution in [2.24, 2.45) is 0 Å². The lowest BCUT2D eigenvalue weighted by Gasteiger charge is -2.43. The standard InChI is InChI=1S/C20H10O4/c21-11-5-7-13(23)19-16-10-4-2-1-3-9(10)15(17(11)19)18-12(22)6-8-14(24)20(16)18/h1-8,15-16H. The fraction of sp³-hybridized carbons (Fsp3) is 0.100.